The van der Waals surface area contributed by atoms with Crippen molar-refractivity contribution in [3.63, 3.8) is 0 Å². The first-order chi connectivity index (χ1) is 9.97. The van der Waals surface area contributed by atoms with Gasteiger partial charge in [-0.25, -0.2) is 8.78 Å². The molecule has 0 radical (unpaired) electrons. The van der Waals surface area contributed by atoms with Crippen LogP contribution in [0.1, 0.15) is 21.5 Å². The van der Waals surface area contributed by atoms with Crippen LogP contribution in [-0.4, -0.2) is 20.0 Å². The summed E-state index contributed by atoms with van der Waals surface area (Å²) in [5, 5.41) is 0. The van der Waals surface area contributed by atoms with E-state index >= 15 is 0 Å². The maximum Gasteiger partial charge on any atom is 0.202 e. The number of ether oxygens (including phenoxy) is 2. The predicted molar refractivity (Wildman–Crippen MR) is 74.1 cm³/mol. The number of benzene rings is 2. The lowest BCUT2D eigenvalue weighted by atomic mass is 9.99. The second-order valence-corrected chi connectivity index (χ2v) is 4.50. The third-order valence-electron chi connectivity index (χ3n) is 3.08. The lowest BCUT2D eigenvalue weighted by molar-refractivity contribution is 0.102. The van der Waals surface area contributed by atoms with Crippen molar-refractivity contribution in [1.82, 2.24) is 0 Å². The van der Waals surface area contributed by atoms with E-state index in [0.717, 1.165) is 17.7 Å². The summed E-state index contributed by atoms with van der Waals surface area (Å²) >= 11 is 0. The molecule has 2 aromatic carbocycles. The number of aryl methyl sites for hydroxylation is 1. The van der Waals surface area contributed by atoms with E-state index in [1.165, 1.54) is 20.3 Å². The van der Waals surface area contributed by atoms with Gasteiger partial charge in [-0.3, -0.25) is 4.79 Å². The van der Waals surface area contributed by atoms with Crippen LogP contribution in [0, 0.1) is 18.6 Å². The molecule has 0 amide bonds. The quantitative estimate of drug-likeness (QED) is 0.809. The van der Waals surface area contributed by atoms with Crippen LogP contribution in [0.25, 0.3) is 0 Å². The van der Waals surface area contributed by atoms with Gasteiger partial charge < -0.3 is 9.47 Å². The minimum Gasteiger partial charge on any atom is -0.497 e. The number of ketones is 1. The zero-order valence-corrected chi connectivity index (χ0v) is 11.9. The summed E-state index contributed by atoms with van der Waals surface area (Å²) in [4.78, 5) is 12.4. The van der Waals surface area contributed by atoms with Gasteiger partial charge in [0.2, 0.25) is 5.78 Å². The third-order valence-corrected chi connectivity index (χ3v) is 3.08. The van der Waals surface area contributed by atoms with Crippen LogP contribution in [0.2, 0.25) is 0 Å². The lowest BCUT2D eigenvalue weighted by Crippen LogP contribution is -2.10. The predicted octanol–water partition coefficient (Wildman–Crippen LogP) is 3.52. The van der Waals surface area contributed by atoms with E-state index in [2.05, 4.69) is 0 Å². The number of hydrogen-bond acceptors (Lipinski definition) is 3. The van der Waals surface area contributed by atoms with Crippen molar-refractivity contribution in [2.45, 2.75) is 6.92 Å². The molecule has 0 spiro atoms. The Labute approximate surface area is 121 Å². The van der Waals surface area contributed by atoms with Gasteiger partial charge in [0.05, 0.1) is 25.3 Å². The van der Waals surface area contributed by atoms with Crippen molar-refractivity contribution in [2.24, 2.45) is 0 Å². The van der Waals surface area contributed by atoms with E-state index in [0.29, 0.717) is 0 Å². The molecule has 0 aliphatic rings. The van der Waals surface area contributed by atoms with Gasteiger partial charge in [-0.1, -0.05) is 11.6 Å². The maximum atomic E-state index is 14.0. The normalized spacial score (nSPS) is 10.3. The second-order valence-electron chi connectivity index (χ2n) is 4.50. The summed E-state index contributed by atoms with van der Waals surface area (Å²) in [5.74, 6) is -2.44. The lowest BCUT2D eigenvalue weighted by Gasteiger charge is -2.11. The van der Waals surface area contributed by atoms with Crippen LogP contribution in [0.5, 0.6) is 11.5 Å². The molecule has 0 aliphatic carbocycles. The van der Waals surface area contributed by atoms with E-state index in [4.69, 9.17) is 9.47 Å². The van der Waals surface area contributed by atoms with Crippen molar-refractivity contribution in [2.75, 3.05) is 14.2 Å². The van der Waals surface area contributed by atoms with Crippen molar-refractivity contribution >= 4 is 5.78 Å². The molecule has 0 fully saturated rings. The number of methoxy groups -OCH3 is 2. The zero-order chi connectivity index (χ0) is 15.6. The first-order valence-corrected chi connectivity index (χ1v) is 6.20. The molecule has 5 heteroatoms. The summed E-state index contributed by atoms with van der Waals surface area (Å²) in [6.45, 7) is 1.77. The van der Waals surface area contributed by atoms with Crippen LogP contribution in [0.3, 0.4) is 0 Å². The molecule has 21 heavy (non-hydrogen) atoms. The molecule has 0 aromatic heterocycles. The Bertz CT molecular complexity index is 673. The number of rotatable bonds is 4. The average Bonchev–Trinajstić information content (AvgIpc) is 2.46. The number of carbonyl (C=O) groups is 1. The van der Waals surface area contributed by atoms with E-state index in [1.807, 2.05) is 0 Å². The average molecular weight is 292 g/mol. The van der Waals surface area contributed by atoms with E-state index < -0.39 is 23.0 Å². The van der Waals surface area contributed by atoms with E-state index in [9.17, 15) is 13.6 Å². The largest absolute Gasteiger partial charge is 0.497 e. The molecule has 0 atom stereocenters. The summed E-state index contributed by atoms with van der Waals surface area (Å²) < 4.78 is 37.8. The Morgan fingerprint density at radius 3 is 2.14 bits per heavy atom. The smallest absolute Gasteiger partial charge is 0.202 e. The van der Waals surface area contributed by atoms with Crippen LogP contribution in [-0.2, 0) is 0 Å². The Hall–Kier alpha value is -2.43. The fourth-order valence-corrected chi connectivity index (χ4v) is 2.02. The Kier molecular flexibility index (Phi) is 4.21. The number of halogens is 2. The van der Waals surface area contributed by atoms with Crippen LogP contribution in [0.15, 0.2) is 30.3 Å². The van der Waals surface area contributed by atoms with E-state index in [-0.39, 0.29) is 17.1 Å². The van der Waals surface area contributed by atoms with Gasteiger partial charge in [-0.2, -0.15) is 0 Å². The van der Waals surface area contributed by atoms with Gasteiger partial charge in [-0.15, -0.1) is 0 Å². The molecule has 0 heterocycles. The molecule has 2 aromatic rings. The first kappa shape index (κ1) is 15.0. The van der Waals surface area contributed by atoms with Crippen molar-refractivity contribution in [3.05, 3.63) is 58.7 Å². The van der Waals surface area contributed by atoms with Gasteiger partial charge in [-0.05, 0) is 19.1 Å². The molecule has 0 saturated carbocycles. The van der Waals surface area contributed by atoms with Crippen molar-refractivity contribution in [1.29, 1.82) is 0 Å². The number of hydrogen-bond donors (Lipinski definition) is 0. The molecule has 3 nitrogen and oxygen atoms in total. The standard InChI is InChI=1S/C16H14F2O3/c1-9-4-5-14(21-3)11(6-9)16(19)15-12(17)7-10(20-2)8-13(15)18/h4-8H,1-3H3. The summed E-state index contributed by atoms with van der Waals surface area (Å²) in [6, 6.07) is 6.81. The summed E-state index contributed by atoms with van der Waals surface area (Å²) in [7, 11) is 2.68. The molecule has 0 aliphatic heterocycles. The SMILES string of the molecule is COc1cc(F)c(C(=O)c2cc(C)ccc2OC)c(F)c1. The molecule has 0 unspecified atom stereocenters. The maximum absolute atomic E-state index is 14.0. The molecular weight excluding hydrogens is 278 g/mol. The van der Waals surface area contributed by atoms with Crippen molar-refractivity contribution < 1.29 is 23.0 Å². The second kappa shape index (κ2) is 5.91. The van der Waals surface area contributed by atoms with Crippen molar-refractivity contribution in [3.8, 4) is 11.5 Å². The highest BCUT2D eigenvalue weighted by Gasteiger charge is 2.23. The molecule has 0 saturated heterocycles. The Morgan fingerprint density at radius 2 is 1.62 bits per heavy atom. The minimum absolute atomic E-state index is 0.0118. The monoisotopic (exact) mass is 292 g/mol. The number of carbonyl (C=O) groups excluding carboxylic acids is 1. The van der Waals surface area contributed by atoms with Gasteiger partial charge >= 0.3 is 0 Å². The fourth-order valence-electron chi connectivity index (χ4n) is 2.02. The summed E-state index contributed by atoms with van der Waals surface area (Å²) in [5.41, 5.74) is 0.272. The highest BCUT2D eigenvalue weighted by atomic mass is 19.1. The Morgan fingerprint density at radius 1 is 1.00 bits per heavy atom. The molecule has 0 N–H and O–H groups in total. The Balaban J connectivity index is 2.58. The van der Waals surface area contributed by atoms with Gasteiger partial charge in [0, 0.05) is 12.1 Å². The first-order valence-electron chi connectivity index (χ1n) is 6.20. The molecule has 2 rings (SSSR count). The van der Waals surface area contributed by atoms with Crippen LogP contribution >= 0.6 is 0 Å². The fraction of sp³-hybridized carbons (Fsp3) is 0.188. The van der Waals surface area contributed by atoms with E-state index in [1.54, 1.807) is 19.1 Å². The topological polar surface area (TPSA) is 35.5 Å². The van der Waals surface area contributed by atoms with Gasteiger partial charge in [0.1, 0.15) is 23.1 Å². The molecule has 0 bridgehead atoms. The van der Waals surface area contributed by atoms with Crippen LogP contribution in [0.4, 0.5) is 8.78 Å². The van der Waals surface area contributed by atoms with Crippen LogP contribution < -0.4 is 9.47 Å². The summed E-state index contributed by atoms with van der Waals surface area (Å²) in [6.07, 6.45) is 0. The highest BCUT2D eigenvalue weighted by Crippen LogP contribution is 2.27. The van der Waals surface area contributed by atoms with Gasteiger partial charge in [0.25, 0.3) is 0 Å². The zero-order valence-electron chi connectivity index (χ0n) is 11.9. The molecular formula is C16H14F2O3. The highest BCUT2D eigenvalue weighted by molar-refractivity contribution is 6.11. The van der Waals surface area contributed by atoms with Gasteiger partial charge in [0.15, 0.2) is 0 Å². The molecule has 110 valence electrons. The third kappa shape index (κ3) is 2.86. The minimum atomic E-state index is -0.972.